The highest BCUT2D eigenvalue weighted by atomic mass is 35.5. The molecule has 16 heavy (non-hydrogen) atoms. The molecule has 0 aromatic heterocycles. The fourth-order valence-corrected chi connectivity index (χ4v) is 1.13. The highest BCUT2D eigenvalue weighted by molar-refractivity contribution is 6.31. The average Bonchev–Trinajstić information content (AvgIpc) is 2.20. The Labute approximate surface area is 96.5 Å². The Morgan fingerprint density at radius 1 is 1.31 bits per heavy atom. The molecule has 2 N–H and O–H groups in total. The Morgan fingerprint density at radius 2 is 2.00 bits per heavy atom. The predicted octanol–water partition coefficient (Wildman–Crippen LogP) is 1.86. The van der Waals surface area contributed by atoms with Crippen LogP contribution < -0.4 is 0 Å². The molecule has 1 rings (SSSR count). The zero-order valence-corrected chi connectivity index (χ0v) is 8.78. The lowest BCUT2D eigenvalue weighted by Crippen LogP contribution is -1.96. The second-order valence-corrected chi connectivity index (χ2v) is 3.28. The maximum atomic E-state index is 10.7. The number of halogens is 1. The minimum Gasteiger partial charge on any atom is -0.481 e. The third kappa shape index (κ3) is 3.30. The van der Waals surface area contributed by atoms with Gasteiger partial charge in [-0.1, -0.05) is 23.4 Å². The van der Waals surface area contributed by atoms with Gasteiger partial charge in [-0.2, -0.15) is 0 Å². The molecule has 0 unspecified atom stereocenters. The normalized spacial score (nSPS) is 9.06. The van der Waals surface area contributed by atoms with Crippen molar-refractivity contribution in [3.63, 3.8) is 0 Å². The van der Waals surface area contributed by atoms with Crippen molar-refractivity contribution < 1.29 is 19.8 Å². The zero-order valence-electron chi connectivity index (χ0n) is 8.03. The summed E-state index contributed by atoms with van der Waals surface area (Å²) >= 11 is 5.77. The van der Waals surface area contributed by atoms with Crippen LogP contribution >= 0.6 is 11.6 Å². The second-order valence-electron chi connectivity index (χ2n) is 2.87. The van der Waals surface area contributed by atoms with Gasteiger partial charge in [-0.25, -0.2) is 4.79 Å². The van der Waals surface area contributed by atoms with Crippen LogP contribution in [0.2, 0.25) is 5.02 Å². The van der Waals surface area contributed by atoms with E-state index in [2.05, 4.69) is 11.8 Å². The van der Waals surface area contributed by atoms with E-state index in [1.165, 1.54) is 18.2 Å². The van der Waals surface area contributed by atoms with E-state index in [1.54, 1.807) is 0 Å². The molecular weight excluding hydrogens is 232 g/mol. The fraction of sp³-hybridized carbons (Fsp3) is 0.0909. The number of hydrogen-bond donors (Lipinski definition) is 2. The van der Waals surface area contributed by atoms with Crippen LogP contribution in [0, 0.1) is 11.8 Å². The Hall–Kier alpha value is -1.99. The minimum atomic E-state index is -1.09. The molecule has 1 aromatic rings. The quantitative estimate of drug-likeness (QED) is 0.772. The van der Waals surface area contributed by atoms with Crippen LogP contribution in [-0.4, -0.2) is 22.2 Å². The first-order valence-corrected chi connectivity index (χ1v) is 4.62. The smallest absolute Gasteiger partial charge is 0.335 e. The van der Waals surface area contributed by atoms with Gasteiger partial charge in [0.15, 0.2) is 0 Å². The van der Waals surface area contributed by atoms with Crippen LogP contribution in [0.25, 0.3) is 0 Å². The Bertz CT molecular complexity index is 496. The highest BCUT2D eigenvalue weighted by Gasteiger charge is 2.05. The number of aliphatic carboxylic acids is 1. The SMILES string of the molecule is O=C(O)CC#Cc1cc(C(=O)O)ccc1Cl. The molecule has 0 atom stereocenters. The van der Waals surface area contributed by atoms with Gasteiger partial charge in [0.2, 0.25) is 0 Å². The van der Waals surface area contributed by atoms with E-state index in [1.807, 2.05) is 0 Å². The number of carboxylic acid groups (broad SMARTS) is 2. The summed E-state index contributed by atoms with van der Waals surface area (Å²) in [4.78, 5) is 20.9. The number of benzene rings is 1. The molecule has 0 heterocycles. The van der Waals surface area contributed by atoms with E-state index >= 15 is 0 Å². The Balaban J connectivity index is 3.01. The topological polar surface area (TPSA) is 74.6 Å². The lowest BCUT2D eigenvalue weighted by Gasteiger charge is -1.98. The van der Waals surface area contributed by atoms with E-state index in [4.69, 9.17) is 21.8 Å². The monoisotopic (exact) mass is 238 g/mol. The maximum Gasteiger partial charge on any atom is 0.335 e. The standard InChI is InChI=1S/C11H7ClO4/c12-9-5-4-8(11(15)16)6-7(9)2-1-3-10(13)14/h4-6H,3H2,(H,13,14)(H,15,16). The van der Waals surface area contributed by atoms with Crippen molar-refractivity contribution in [2.75, 3.05) is 0 Å². The molecule has 0 fully saturated rings. The first-order valence-electron chi connectivity index (χ1n) is 4.24. The third-order valence-corrected chi connectivity index (χ3v) is 2.01. The van der Waals surface area contributed by atoms with Crippen LogP contribution in [-0.2, 0) is 4.79 Å². The summed E-state index contributed by atoms with van der Waals surface area (Å²) in [5.74, 6) is 2.77. The summed E-state index contributed by atoms with van der Waals surface area (Å²) in [6.45, 7) is 0. The van der Waals surface area contributed by atoms with Gasteiger partial charge in [0.05, 0.1) is 10.6 Å². The van der Waals surface area contributed by atoms with Crippen LogP contribution in [0.5, 0.6) is 0 Å². The summed E-state index contributed by atoms with van der Waals surface area (Å²) in [5, 5.41) is 17.4. The zero-order chi connectivity index (χ0) is 12.1. The van der Waals surface area contributed by atoms with Gasteiger partial charge in [0, 0.05) is 5.56 Å². The van der Waals surface area contributed by atoms with Crippen molar-refractivity contribution in [2.24, 2.45) is 0 Å². The molecular formula is C11H7ClO4. The van der Waals surface area contributed by atoms with Gasteiger partial charge in [0.1, 0.15) is 6.42 Å². The van der Waals surface area contributed by atoms with Crippen LogP contribution in [0.1, 0.15) is 22.3 Å². The van der Waals surface area contributed by atoms with Gasteiger partial charge < -0.3 is 10.2 Å². The van der Waals surface area contributed by atoms with Gasteiger partial charge in [-0.3, -0.25) is 4.79 Å². The van der Waals surface area contributed by atoms with Crippen molar-refractivity contribution in [3.8, 4) is 11.8 Å². The van der Waals surface area contributed by atoms with Gasteiger partial charge in [-0.05, 0) is 18.2 Å². The fourth-order valence-electron chi connectivity index (χ4n) is 0.969. The molecule has 82 valence electrons. The van der Waals surface area contributed by atoms with E-state index in [9.17, 15) is 9.59 Å². The van der Waals surface area contributed by atoms with Crippen LogP contribution in [0.4, 0.5) is 0 Å². The number of aromatic carboxylic acids is 1. The number of carboxylic acids is 2. The first-order chi connectivity index (χ1) is 7.50. The summed E-state index contributed by atoms with van der Waals surface area (Å²) < 4.78 is 0. The van der Waals surface area contributed by atoms with E-state index < -0.39 is 11.9 Å². The van der Waals surface area contributed by atoms with Crippen molar-refractivity contribution in [3.05, 3.63) is 34.3 Å². The molecule has 1 aromatic carbocycles. The minimum absolute atomic E-state index is 0.0593. The third-order valence-electron chi connectivity index (χ3n) is 1.68. The molecule has 0 amide bonds. The number of hydrogen-bond acceptors (Lipinski definition) is 2. The van der Waals surface area contributed by atoms with Gasteiger partial charge in [-0.15, -0.1) is 0 Å². The Morgan fingerprint density at radius 3 is 2.56 bits per heavy atom. The van der Waals surface area contributed by atoms with Crippen molar-refractivity contribution in [2.45, 2.75) is 6.42 Å². The molecule has 0 aliphatic carbocycles. The van der Waals surface area contributed by atoms with Gasteiger partial charge >= 0.3 is 11.9 Å². The van der Waals surface area contributed by atoms with E-state index in [0.29, 0.717) is 10.6 Å². The molecule has 0 aliphatic rings. The summed E-state index contributed by atoms with van der Waals surface area (Å²) in [7, 11) is 0. The van der Waals surface area contributed by atoms with Crippen molar-refractivity contribution >= 4 is 23.5 Å². The number of rotatable bonds is 2. The van der Waals surface area contributed by atoms with Crippen molar-refractivity contribution in [1.29, 1.82) is 0 Å². The summed E-state index contributed by atoms with van der Waals surface area (Å²) in [5.41, 5.74) is 0.367. The number of carbonyl (C=O) groups is 2. The lowest BCUT2D eigenvalue weighted by molar-refractivity contribution is -0.135. The lowest BCUT2D eigenvalue weighted by atomic mass is 10.1. The molecule has 0 saturated heterocycles. The van der Waals surface area contributed by atoms with Crippen molar-refractivity contribution in [1.82, 2.24) is 0 Å². The first kappa shape index (κ1) is 12.1. The molecule has 0 saturated carbocycles. The van der Waals surface area contributed by atoms with Crippen LogP contribution in [0.15, 0.2) is 18.2 Å². The molecule has 4 nitrogen and oxygen atoms in total. The highest BCUT2D eigenvalue weighted by Crippen LogP contribution is 2.16. The average molecular weight is 239 g/mol. The summed E-state index contributed by atoms with van der Waals surface area (Å²) in [6, 6.07) is 4.07. The Kier molecular flexibility index (Phi) is 3.92. The van der Waals surface area contributed by atoms with E-state index in [-0.39, 0.29) is 12.0 Å². The maximum absolute atomic E-state index is 10.7. The second kappa shape index (κ2) is 5.19. The van der Waals surface area contributed by atoms with E-state index in [0.717, 1.165) is 0 Å². The molecule has 5 heteroatoms. The molecule has 0 spiro atoms. The molecule has 0 radical (unpaired) electrons. The largest absolute Gasteiger partial charge is 0.481 e. The predicted molar refractivity (Wildman–Crippen MR) is 57.5 cm³/mol. The summed E-state index contributed by atoms with van der Waals surface area (Å²) in [6.07, 6.45) is -0.312. The van der Waals surface area contributed by atoms with Crippen LogP contribution in [0.3, 0.4) is 0 Å². The van der Waals surface area contributed by atoms with Gasteiger partial charge in [0.25, 0.3) is 0 Å². The molecule has 0 bridgehead atoms. The molecule has 0 aliphatic heterocycles.